The van der Waals surface area contributed by atoms with Gasteiger partial charge in [0, 0.05) is 0 Å². The molecular formula is C17H19NO4S. The van der Waals surface area contributed by atoms with Crippen molar-refractivity contribution in [3.63, 3.8) is 0 Å². The first-order valence-electron chi connectivity index (χ1n) is 7.39. The minimum absolute atomic E-state index is 0.181. The first kappa shape index (κ1) is 16.1. The number of rotatable bonds is 5. The molecule has 122 valence electrons. The highest BCUT2D eigenvalue weighted by atomic mass is 32.2. The third-order valence-corrected chi connectivity index (χ3v) is 5.25. The Morgan fingerprint density at radius 2 is 1.78 bits per heavy atom. The van der Waals surface area contributed by atoms with E-state index in [1.165, 1.54) is 0 Å². The average molecular weight is 333 g/mol. The van der Waals surface area contributed by atoms with Crippen LogP contribution in [-0.2, 0) is 19.5 Å². The van der Waals surface area contributed by atoms with E-state index in [1.807, 2.05) is 37.3 Å². The van der Waals surface area contributed by atoms with Crippen LogP contribution in [0.1, 0.15) is 17.2 Å². The van der Waals surface area contributed by atoms with Crippen LogP contribution in [0.25, 0.3) is 0 Å². The third kappa shape index (κ3) is 3.79. The molecule has 2 aromatic rings. The van der Waals surface area contributed by atoms with Crippen molar-refractivity contribution in [1.29, 1.82) is 0 Å². The maximum atomic E-state index is 12.7. The summed E-state index contributed by atoms with van der Waals surface area (Å²) >= 11 is 0. The van der Waals surface area contributed by atoms with Crippen molar-refractivity contribution in [2.45, 2.75) is 24.0 Å². The van der Waals surface area contributed by atoms with Gasteiger partial charge in [-0.25, -0.2) is 13.1 Å². The van der Waals surface area contributed by atoms with Gasteiger partial charge in [0.25, 0.3) is 0 Å². The second-order valence-electron chi connectivity index (χ2n) is 5.52. The molecule has 1 N–H and O–H groups in total. The Labute approximate surface area is 136 Å². The fourth-order valence-electron chi connectivity index (χ4n) is 2.51. The van der Waals surface area contributed by atoms with E-state index in [4.69, 9.17) is 9.47 Å². The maximum Gasteiger partial charge on any atom is 0.241 e. The Hall–Kier alpha value is -1.73. The molecule has 23 heavy (non-hydrogen) atoms. The monoisotopic (exact) mass is 333 g/mol. The molecule has 6 heteroatoms. The minimum atomic E-state index is -3.65. The molecular weight excluding hydrogens is 314 g/mol. The Kier molecular flexibility index (Phi) is 4.77. The molecule has 1 heterocycles. The quantitative estimate of drug-likeness (QED) is 0.912. The van der Waals surface area contributed by atoms with Crippen LogP contribution in [0, 0.1) is 6.92 Å². The fourth-order valence-corrected chi connectivity index (χ4v) is 3.76. The van der Waals surface area contributed by atoms with E-state index in [9.17, 15) is 8.42 Å². The van der Waals surface area contributed by atoms with Gasteiger partial charge < -0.3 is 9.47 Å². The van der Waals surface area contributed by atoms with Crippen molar-refractivity contribution in [3.05, 3.63) is 65.7 Å². The lowest BCUT2D eigenvalue weighted by Gasteiger charge is -2.23. The summed E-state index contributed by atoms with van der Waals surface area (Å²) in [6.07, 6.45) is -0.349. The van der Waals surface area contributed by atoms with Crippen molar-refractivity contribution in [2.24, 2.45) is 0 Å². The van der Waals surface area contributed by atoms with Crippen LogP contribution in [-0.4, -0.2) is 27.9 Å². The average Bonchev–Trinajstić information content (AvgIpc) is 3.08. The predicted octanol–water partition coefficient (Wildman–Crippen LogP) is 2.39. The van der Waals surface area contributed by atoms with E-state index in [2.05, 4.69) is 4.72 Å². The van der Waals surface area contributed by atoms with Crippen molar-refractivity contribution in [1.82, 2.24) is 4.72 Å². The van der Waals surface area contributed by atoms with Gasteiger partial charge in [-0.15, -0.1) is 0 Å². The zero-order chi connectivity index (χ0) is 16.3. The smallest absolute Gasteiger partial charge is 0.241 e. The minimum Gasteiger partial charge on any atom is -0.353 e. The van der Waals surface area contributed by atoms with E-state index in [1.54, 1.807) is 24.3 Å². The van der Waals surface area contributed by atoms with Crippen LogP contribution in [0.4, 0.5) is 0 Å². The standard InChI is InChI=1S/C17H19NO4S/c1-13-7-9-15(10-8-13)23(19,20)18-17(16-11-21-12-22-16)14-5-3-2-4-6-14/h2-10,16-18H,11-12H2,1H3/t16-,17-/m0/s1. The molecule has 0 saturated carbocycles. The van der Waals surface area contributed by atoms with Gasteiger partial charge >= 0.3 is 0 Å². The van der Waals surface area contributed by atoms with E-state index in [0.29, 0.717) is 6.61 Å². The molecule has 5 nitrogen and oxygen atoms in total. The second kappa shape index (κ2) is 6.80. The largest absolute Gasteiger partial charge is 0.353 e. The molecule has 0 radical (unpaired) electrons. The third-order valence-electron chi connectivity index (χ3n) is 3.79. The molecule has 0 spiro atoms. The molecule has 0 aliphatic carbocycles. The summed E-state index contributed by atoms with van der Waals surface area (Å²) in [5.74, 6) is 0. The van der Waals surface area contributed by atoms with Gasteiger partial charge in [-0.3, -0.25) is 0 Å². The summed E-state index contributed by atoms with van der Waals surface area (Å²) in [4.78, 5) is 0.239. The highest BCUT2D eigenvalue weighted by Gasteiger charge is 2.32. The molecule has 0 amide bonds. The lowest BCUT2D eigenvalue weighted by atomic mass is 10.0. The lowest BCUT2D eigenvalue weighted by molar-refractivity contribution is 0.0377. The first-order chi connectivity index (χ1) is 11.1. The van der Waals surface area contributed by atoms with Crippen LogP contribution in [0.3, 0.4) is 0 Å². The van der Waals surface area contributed by atoms with Crippen molar-refractivity contribution in [2.75, 3.05) is 13.4 Å². The van der Waals surface area contributed by atoms with Gasteiger partial charge in [0.05, 0.1) is 17.5 Å². The van der Waals surface area contributed by atoms with Gasteiger partial charge in [0.2, 0.25) is 10.0 Å². The van der Waals surface area contributed by atoms with Crippen LogP contribution in [0.5, 0.6) is 0 Å². The van der Waals surface area contributed by atoms with Gasteiger partial charge in [-0.1, -0.05) is 48.0 Å². The van der Waals surface area contributed by atoms with Crippen LogP contribution >= 0.6 is 0 Å². The Morgan fingerprint density at radius 1 is 1.09 bits per heavy atom. The number of ether oxygens (including phenoxy) is 2. The van der Waals surface area contributed by atoms with Gasteiger partial charge in [0.15, 0.2) is 0 Å². The molecule has 1 fully saturated rings. The second-order valence-corrected chi connectivity index (χ2v) is 7.23. The molecule has 3 rings (SSSR count). The van der Waals surface area contributed by atoms with Gasteiger partial charge in [-0.2, -0.15) is 0 Å². The van der Waals surface area contributed by atoms with Crippen molar-refractivity contribution < 1.29 is 17.9 Å². The predicted molar refractivity (Wildman–Crippen MR) is 86.4 cm³/mol. The number of benzene rings is 2. The molecule has 0 aromatic heterocycles. The lowest BCUT2D eigenvalue weighted by Crippen LogP contribution is -2.37. The van der Waals surface area contributed by atoms with Crippen molar-refractivity contribution >= 4 is 10.0 Å². The topological polar surface area (TPSA) is 64.6 Å². The van der Waals surface area contributed by atoms with E-state index in [0.717, 1.165) is 11.1 Å². The fraction of sp³-hybridized carbons (Fsp3) is 0.294. The highest BCUT2D eigenvalue weighted by molar-refractivity contribution is 7.89. The van der Waals surface area contributed by atoms with Gasteiger partial charge in [-0.05, 0) is 24.6 Å². The van der Waals surface area contributed by atoms with Crippen LogP contribution in [0.15, 0.2) is 59.5 Å². The zero-order valence-corrected chi connectivity index (χ0v) is 13.6. The van der Waals surface area contributed by atoms with E-state index < -0.39 is 16.1 Å². The van der Waals surface area contributed by atoms with E-state index >= 15 is 0 Å². The SMILES string of the molecule is Cc1ccc(S(=O)(=O)N[C@@H](c2ccccc2)[C@@H]2COCO2)cc1. The summed E-state index contributed by atoms with van der Waals surface area (Å²) in [5.41, 5.74) is 1.86. The molecule has 0 unspecified atom stereocenters. The summed E-state index contributed by atoms with van der Waals surface area (Å²) < 4.78 is 38.9. The van der Waals surface area contributed by atoms with Crippen molar-refractivity contribution in [3.8, 4) is 0 Å². The van der Waals surface area contributed by atoms with Crippen LogP contribution in [0.2, 0.25) is 0 Å². The molecule has 1 aliphatic heterocycles. The molecule has 2 aromatic carbocycles. The summed E-state index contributed by atoms with van der Waals surface area (Å²) in [6, 6.07) is 15.7. The number of sulfonamides is 1. The number of hydrogen-bond donors (Lipinski definition) is 1. The number of nitrogens with one attached hydrogen (secondary N) is 1. The molecule has 1 aliphatic rings. The summed E-state index contributed by atoms with van der Waals surface area (Å²) in [7, 11) is -3.65. The molecule has 1 saturated heterocycles. The number of hydrogen-bond acceptors (Lipinski definition) is 4. The summed E-state index contributed by atoms with van der Waals surface area (Å²) in [5, 5.41) is 0. The Bertz CT molecular complexity index is 738. The normalized spacial score (nSPS) is 19.6. The van der Waals surface area contributed by atoms with Gasteiger partial charge in [0.1, 0.15) is 12.9 Å². The zero-order valence-electron chi connectivity index (χ0n) is 12.8. The van der Waals surface area contributed by atoms with E-state index in [-0.39, 0.29) is 17.8 Å². The number of aryl methyl sites for hydroxylation is 1. The Balaban J connectivity index is 1.90. The molecule has 0 bridgehead atoms. The molecule has 2 atom stereocenters. The maximum absolute atomic E-state index is 12.7. The summed E-state index contributed by atoms with van der Waals surface area (Å²) in [6.45, 7) is 2.45. The van der Waals surface area contributed by atoms with Crippen LogP contribution < -0.4 is 4.72 Å². The first-order valence-corrected chi connectivity index (χ1v) is 8.88. The highest BCUT2D eigenvalue weighted by Crippen LogP contribution is 2.25. The Morgan fingerprint density at radius 3 is 2.39 bits per heavy atom.